The van der Waals surface area contributed by atoms with Crippen molar-refractivity contribution in [2.24, 2.45) is 5.73 Å². The summed E-state index contributed by atoms with van der Waals surface area (Å²) in [4.78, 5) is 0. The minimum absolute atomic E-state index is 0.448. The fourth-order valence-electron chi connectivity index (χ4n) is 1.60. The lowest BCUT2D eigenvalue weighted by molar-refractivity contribution is -0.137. The van der Waals surface area contributed by atoms with Crippen LogP contribution in [0.1, 0.15) is 22.7 Å². The number of rotatable bonds is 2. The molecule has 0 radical (unpaired) electrons. The molecule has 0 aliphatic rings. The van der Waals surface area contributed by atoms with E-state index in [0.717, 1.165) is 22.2 Å². The molecule has 0 saturated carbocycles. The molecular formula is C12H9BrF3NS. The number of hydrogen-bond acceptors (Lipinski definition) is 2. The lowest BCUT2D eigenvalue weighted by Crippen LogP contribution is -2.13. The van der Waals surface area contributed by atoms with Crippen molar-refractivity contribution >= 4 is 27.3 Å². The largest absolute Gasteiger partial charge is 0.416 e. The summed E-state index contributed by atoms with van der Waals surface area (Å²) in [5.74, 6) is 0. The maximum atomic E-state index is 12.6. The Morgan fingerprint density at radius 1 is 1.22 bits per heavy atom. The van der Waals surface area contributed by atoms with Crippen molar-refractivity contribution in [1.29, 1.82) is 0 Å². The molecule has 1 atom stereocenters. The number of nitrogens with two attached hydrogens (primary N) is 1. The van der Waals surface area contributed by atoms with E-state index in [2.05, 4.69) is 15.9 Å². The van der Waals surface area contributed by atoms with Crippen LogP contribution in [0.15, 0.2) is 39.5 Å². The average molecular weight is 336 g/mol. The van der Waals surface area contributed by atoms with E-state index in [4.69, 9.17) is 5.73 Å². The first-order chi connectivity index (χ1) is 8.39. The number of benzene rings is 1. The molecule has 0 amide bonds. The molecule has 0 aliphatic heterocycles. The molecule has 18 heavy (non-hydrogen) atoms. The van der Waals surface area contributed by atoms with Gasteiger partial charge in [-0.1, -0.05) is 12.1 Å². The molecule has 2 N–H and O–H groups in total. The van der Waals surface area contributed by atoms with E-state index >= 15 is 0 Å². The van der Waals surface area contributed by atoms with Gasteiger partial charge in [-0.05, 0) is 44.6 Å². The summed E-state index contributed by atoms with van der Waals surface area (Å²) < 4.78 is 38.6. The Morgan fingerprint density at radius 2 is 1.94 bits per heavy atom. The second-order valence-electron chi connectivity index (χ2n) is 3.78. The van der Waals surface area contributed by atoms with Gasteiger partial charge in [-0.3, -0.25) is 0 Å². The zero-order valence-electron chi connectivity index (χ0n) is 9.04. The van der Waals surface area contributed by atoms with Crippen LogP contribution in [0.3, 0.4) is 0 Å². The second kappa shape index (κ2) is 5.03. The zero-order chi connectivity index (χ0) is 13.3. The molecule has 1 heterocycles. The first-order valence-electron chi connectivity index (χ1n) is 5.04. The van der Waals surface area contributed by atoms with Crippen LogP contribution < -0.4 is 5.73 Å². The highest BCUT2D eigenvalue weighted by atomic mass is 79.9. The molecule has 1 unspecified atom stereocenters. The van der Waals surface area contributed by atoms with Gasteiger partial charge in [-0.2, -0.15) is 24.5 Å². The van der Waals surface area contributed by atoms with Crippen LogP contribution in [0.5, 0.6) is 0 Å². The van der Waals surface area contributed by atoms with E-state index in [1.165, 1.54) is 17.4 Å². The van der Waals surface area contributed by atoms with Gasteiger partial charge in [0.05, 0.1) is 11.6 Å². The Hall–Kier alpha value is -0.850. The molecule has 2 aromatic rings. The summed E-state index contributed by atoms with van der Waals surface area (Å²) in [6.07, 6.45) is -4.35. The van der Waals surface area contributed by atoms with Crippen molar-refractivity contribution < 1.29 is 13.2 Å². The Labute approximate surface area is 115 Å². The molecule has 0 spiro atoms. The number of thiophene rings is 1. The van der Waals surface area contributed by atoms with Crippen LogP contribution in [0.25, 0.3) is 0 Å². The smallest absolute Gasteiger partial charge is 0.320 e. The van der Waals surface area contributed by atoms with Crippen LogP contribution in [0.4, 0.5) is 13.2 Å². The molecule has 96 valence electrons. The fraction of sp³-hybridized carbons (Fsp3) is 0.167. The summed E-state index contributed by atoms with van der Waals surface area (Å²) in [6, 6.07) is 4.54. The van der Waals surface area contributed by atoms with E-state index in [1.807, 2.05) is 10.8 Å². The summed E-state index contributed by atoms with van der Waals surface area (Å²) in [7, 11) is 0. The third-order valence-corrected chi connectivity index (χ3v) is 4.30. The molecule has 2 rings (SSSR count). The van der Waals surface area contributed by atoms with Crippen molar-refractivity contribution in [3.8, 4) is 0 Å². The molecule has 0 bridgehead atoms. The van der Waals surface area contributed by atoms with Gasteiger partial charge in [0.2, 0.25) is 0 Å². The van der Waals surface area contributed by atoms with Crippen molar-refractivity contribution in [3.05, 3.63) is 56.2 Å². The van der Waals surface area contributed by atoms with E-state index in [0.29, 0.717) is 5.56 Å². The first kappa shape index (κ1) is 13.6. The third kappa shape index (κ3) is 2.76. The fourth-order valence-corrected chi connectivity index (χ4v) is 3.18. The Morgan fingerprint density at radius 3 is 2.50 bits per heavy atom. The molecule has 1 aromatic heterocycles. The van der Waals surface area contributed by atoms with Gasteiger partial charge in [0, 0.05) is 9.85 Å². The number of halogens is 4. The summed E-state index contributed by atoms with van der Waals surface area (Å²) in [6.45, 7) is 0. The highest BCUT2D eigenvalue weighted by Gasteiger charge is 2.30. The number of alkyl halides is 3. The van der Waals surface area contributed by atoms with E-state index in [1.54, 1.807) is 6.07 Å². The average Bonchev–Trinajstić information content (AvgIpc) is 2.73. The minimum Gasteiger partial charge on any atom is -0.320 e. The van der Waals surface area contributed by atoms with Gasteiger partial charge in [0.25, 0.3) is 0 Å². The maximum absolute atomic E-state index is 12.6. The van der Waals surface area contributed by atoms with E-state index in [9.17, 15) is 13.2 Å². The van der Waals surface area contributed by atoms with Crippen molar-refractivity contribution in [2.75, 3.05) is 0 Å². The van der Waals surface area contributed by atoms with E-state index in [-0.39, 0.29) is 0 Å². The maximum Gasteiger partial charge on any atom is 0.416 e. The Kier molecular flexibility index (Phi) is 3.79. The van der Waals surface area contributed by atoms with Crippen LogP contribution >= 0.6 is 27.3 Å². The monoisotopic (exact) mass is 335 g/mol. The minimum atomic E-state index is -4.35. The highest BCUT2D eigenvalue weighted by Crippen LogP contribution is 2.34. The van der Waals surface area contributed by atoms with Crippen LogP contribution in [0.2, 0.25) is 0 Å². The van der Waals surface area contributed by atoms with Crippen molar-refractivity contribution in [2.45, 2.75) is 12.2 Å². The standard InChI is InChI=1S/C12H9BrF3NS/c13-10-6-18-5-9(10)11(17)7-2-1-3-8(4-7)12(14,15)16/h1-6,11H,17H2. The predicted molar refractivity (Wildman–Crippen MR) is 69.5 cm³/mol. The van der Waals surface area contributed by atoms with Crippen molar-refractivity contribution in [3.63, 3.8) is 0 Å². The summed E-state index contributed by atoms with van der Waals surface area (Å²) in [5, 5.41) is 3.68. The van der Waals surface area contributed by atoms with Crippen LogP contribution in [0, 0.1) is 0 Å². The van der Waals surface area contributed by atoms with Gasteiger partial charge in [0.15, 0.2) is 0 Å². The molecule has 1 aromatic carbocycles. The molecule has 0 saturated heterocycles. The lowest BCUT2D eigenvalue weighted by atomic mass is 10.00. The highest BCUT2D eigenvalue weighted by molar-refractivity contribution is 9.10. The third-order valence-electron chi connectivity index (χ3n) is 2.55. The molecule has 1 nitrogen and oxygen atoms in total. The molecule has 0 aliphatic carbocycles. The van der Waals surface area contributed by atoms with Crippen molar-refractivity contribution in [1.82, 2.24) is 0 Å². The molecule has 0 fully saturated rings. The number of hydrogen-bond donors (Lipinski definition) is 1. The van der Waals surface area contributed by atoms with Gasteiger partial charge >= 0.3 is 6.18 Å². The Bertz CT molecular complexity index is 550. The Balaban J connectivity index is 2.38. The molecular weight excluding hydrogens is 327 g/mol. The lowest BCUT2D eigenvalue weighted by Gasteiger charge is -2.14. The summed E-state index contributed by atoms with van der Waals surface area (Å²) >= 11 is 4.78. The molecule has 6 heteroatoms. The second-order valence-corrected chi connectivity index (χ2v) is 5.37. The quantitative estimate of drug-likeness (QED) is 0.854. The van der Waals surface area contributed by atoms with Crippen LogP contribution in [-0.2, 0) is 6.18 Å². The predicted octanol–water partition coefficient (Wildman–Crippen LogP) is 4.58. The normalized spacial score (nSPS) is 13.6. The van der Waals surface area contributed by atoms with E-state index < -0.39 is 17.8 Å². The zero-order valence-corrected chi connectivity index (χ0v) is 11.4. The topological polar surface area (TPSA) is 26.0 Å². The van der Waals surface area contributed by atoms with Gasteiger partial charge in [0.1, 0.15) is 0 Å². The van der Waals surface area contributed by atoms with Gasteiger partial charge in [-0.25, -0.2) is 0 Å². The van der Waals surface area contributed by atoms with Gasteiger partial charge in [-0.15, -0.1) is 0 Å². The summed E-state index contributed by atoms with van der Waals surface area (Å²) in [5.41, 5.74) is 6.54. The SMILES string of the molecule is NC(c1cccc(C(F)(F)F)c1)c1cscc1Br. The van der Waals surface area contributed by atoms with Crippen LogP contribution in [-0.4, -0.2) is 0 Å². The van der Waals surface area contributed by atoms with Gasteiger partial charge < -0.3 is 5.73 Å². The first-order valence-corrected chi connectivity index (χ1v) is 6.77.